The van der Waals surface area contributed by atoms with E-state index in [0.717, 1.165) is 38.5 Å². The lowest BCUT2D eigenvalue weighted by atomic mass is 9.98. The van der Waals surface area contributed by atoms with Gasteiger partial charge in [-0.1, -0.05) is 44.9 Å². The molecule has 0 saturated heterocycles. The van der Waals surface area contributed by atoms with Crippen molar-refractivity contribution in [2.24, 2.45) is 0 Å². The monoisotopic (exact) mass is 584 g/mol. The van der Waals surface area contributed by atoms with Gasteiger partial charge in [0.15, 0.2) is 11.9 Å². The Kier molecular flexibility index (Phi) is 12.3. The maximum Gasteiger partial charge on any atom is 0.293 e. The van der Waals surface area contributed by atoms with Gasteiger partial charge in [-0.25, -0.2) is 0 Å². The molecule has 2 aliphatic carbocycles. The van der Waals surface area contributed by atoms with Crippen LogP contribution < -0.4 is 0 Å². The Hall–Kier alpha value is -0.360. The predicted molar refractivity (Wildman–Crippen MR) is 127 cm³/mol. The van der Waals surface area contributed by atoms with Gasteiger partial charge in [-0.05, 0) is 38.5 Å². The van der Waals surface area contributed by atoms with Crippen molar-refractivity contribution in [3.63, 3.8) is 0 Å². The smallest absolute Gasteiger partial charge is 0.265 e. The molecule has 0 aromatic heterocycles. The molecule has 0 aliphatic heterocycles. The van der Waals surface area contributed by atoms with E-state index in [4.69, 9.17) is 8.37 Å². The Morgan fingerprint density at radius 2 is 0.800 bits per heavy atom. The Morgan fingerprint density at radius 3 is 1.14 bits per heavy atom. The van der Waals surface area contributed by atoms with Crippen LogP contribution in [0, 0.1) is 0 Å². The molecule has 0 N–H and O–H groups in total. The van der Waals surface area contributed by atoms with Crippen LogP contribution in [0.3, 0.4) is 0 Å². The summed E-state index contributed by atoms with van der Waals surface area (Å²) in [6, 6.07) is 0. The summed E-state index contributed by atoms with van der Waals surface area (Å²) in [5.74, 6) is -3.22. The zero-order valence-electron chi connectivity index (χ0n) is 19.7. The van der Waals surface area contributed by atoms with E-state index >= 15 is 0 Å². The molecule has 2 rings (SSSR count). The quantitative estimate of drug-likeness (QED) is 0.191. The first-order chi connectivity index (χ1) is 16.3. The molecular formula is C19H36O12S4. The maximum absolute atomic E-state index is 11.9. The highest BCUT2D eigenvalue weighted by Crippen LogP contribution is 2.23. The minimum absolute atomic E-state index is 0.0183. The normalized spacial score (nSPS) is 19.7. The van der Waals surface area contributed by atoms with Crippen molar-refractivity contribution in [2.45, 2.75) is 95.7 Å². The maximum atomic E-state index is 11.9. The van der Waals surface area contributed by atoms with Crippen molar-refractivity contribution in [1.82, 2.24) is 0 Å². The molecule has 16 heteroatoms. The van der Waals surface area contributed by atoms with Crippen LogP contribution in [0.4, 0.5) is 0 Å². The van der Waals surface area contributed by atoms with Gasteiger partial charge in [0.2, 0.25) is 0 Å². The lowest BCUT2D eigenvalue weighted by Gasteiger charge is -2.21. The number of rotatable bonds is 16. The van der Waals surface area contributed by atoms with Crippen LogP contribution in [0.15, 0.2) is 0 Å². The molecule has 208 valence electrons. The molecule has 35 heavy (non-hydrogen) atoms. The zero-order valence-corrected chi connectivity index (χ0v) is 23.0. The van der Waals surface area contributed by atoms with Crippen LogP contribution in [0.5, 0.6) is 0 Å². The van der Waals surface area contributed by atoms with E-state index in [1.807, 2.05) is 0 Å². The molecule has 2 aliphatic rings. The van der Waals surface area contributed by atoms with Gasteiger partial charge in [0.25, 0.3) is 40.5 Å². The molecule has 2 fully saturated rings. The fourth-order valence-corrected chi connectivity index (χ4v) is 8.70. The summed E-state index contributed by atoms with van der Waals surface area (Å²) in [5, 5.41) is 0. The molecule has 0 amide bonds. The van der Waals surface area contributed by atoms with Crippen LogP contribution in [0.25, 0.3) is 0 Å². The van der Waals surface area contributed by atoms with Crippen LogP contribution in [0.2, 0.25) is 0 Å². The van der Waals surface area contributed by atoms with Crippen molar-refractivity contribution in [1.29, 1.82) is 0 Å². The minimum Gasteiger partial charge on any atom is -0.265 e. The molecule has 0 bridgehead atoms. The topological polar surface area (TPSA) is 173 Å². The largest absolute Gasteiger partial charge is 0.293 e. The van der Waals surface area contributed by atoms with Crippen molar-refractivity contribution < 1.29 is 50.4 Å². The second kappa shape index (κ2) is 14.0. The molecule has 0 radical (unpaired) electrons. The van der Waals surface area contributed by atoms with E-state index in [1.165, 1.54) is 0 Å². The highest BCUT2D eigenvalue weighted by atomic mass is 32.2. The third-order valence-electron chi connectivity index (χ3n) is 5.70. The minimum atomic E-state index is -4.15. The number of hydrogen-bond donors (Lipinski definition) is 0. The van der Waals surface area contributed by atoms with Gasteiger partial charge in [0, 0.05) is 0 Å². The summed E-state index contributed by atoms with van der Waals surface area (Å²) < 4.78 is 115. The van der Waals surface area contributed by atoms with Gasteiger partial charge in [-0.3, -0.25) is 16.7 Å². The second-order valence-corrected chi connectivity index (χ2v) is 15.5. The zero-order chi connectivity index (χ0) is 26.0. The van der Waals surface area contributed by atoms with Crippen molar-refractivity contribution in [2.75, 3.05) is 23.4 Å². The standard InChI is InChI=1S/C19H36O12S4/c20-32(21,28-16-34(24,25)30-18-10-4-1-5-11-18)14-8-3-9-15-33(22,23)29-17-35(26,27)31-19-12-6-2-7-13-19/h18-19H,1-17H2. The van der Waals surface area contributed by atoms with Gasteiger partial charge >= 0.3 is 0 Å². The van der Waals surface area contributed by atoms with Crippen LogP contribution in [-0.2, 0) is 57.2 Å². The Labute approximate surface area is 209 Å². The van der Waals surface area contributed by atoms with E-state index < -0.39 is 76.1 Å². The van der Waals surface area contributed by atoms with Crippen molar-refractivity contribution in [3.05, 3.63) is 0 Å². The van der Waals surface area contributed by atoms with Crippen molar-refractivity contribution >= 4 is 40.5 Å². The van der Waals surface area contributed by atoms with E-state index in [2.05, 4.69) is 8.37 Å². The first-order valence-corrected chi connectivity index (χ1v) is 18.1. The number of unbranched alkanes of at least 4 members (excludes halogenated alkanes) is 2. The van der Waals surface area contributed by atoms with Crippen molar-refractivity contribution in [3.8, 4) is 0 Å². The van der Waals surface area contributed by atoms with Gasteiger partial charge in [0.05, 0.1) is 23.7 Å². The lowest BCUT2D eigenvalue weighted by Crippen LogP contribution is -2.25. The molecular weight excluding hydrogens is 548 g/mol. The van der Waals surface area contributed by atoms with Gasteiger partial charge in [-0.2, -0.15) is 33.7 Å². The first kappa shape index (κ1) is 30.9. The molecule has 2 saturated carbocycles. The summed E-state index contributed by atoms with van der Waals surface area (Å²) in [6.07, 6.45) is 7.07. The number of hydrogen-bond acceptors (Lipinski definition) is 12. The van der Waals surface area contributed by atoms with Crippen LogP contribution in [0.1, 0.15) is 83.5 Å². The fraction of sp³-hybridized carbons (Fsp3) is 1.00. The third-order valence-corrected chi connectivity index (χ3v) is 10.5. The SMILES string of the molecule is O=S(=O)(CCCCCS(=O)(=O)OCS(=O)(=O)OC1CCCCC1)OCS(=O)(=O)OC1CCCCC1. The highest BCUT2D eigenvalue weighted by Gasteiger charge is 2.26. The Balaban J connectivity index is 1.63. The lowest BCUT2D eigenvalue weighted by molar-refractivity contribution is 0.156. The molecule has 0 aromatic carbocycles. The average Bonchev–Trinajstić information content (AvgIpc) is 2.77. The van der Waals surface area contributed by atoms with Gasteiger partial charge in [-0.15, -0.1) is 0 Å². The van der Waals surface area contributed by atoms with Gasteiger partial charge < -0.3 is 0 Å². The summed E-state index contributed by atoms with van der Waals surface area (Å²) in [4.78, 5) is 0. The summed E-state index contributed by atoms with van der Waals surface area (Å²) in [5.41, 5.74) is 0. The van der Waals surface area contributed by atoms with E-state index in [-0.39, 0.29) is 19.3 Å². The first-order valence-electron chi connectivity index (χ1n) is 11.8. The molecule has 0 aromatic rings. The van der Waals surface area contributed by atoms with E-state index in [1.54, 1.807) is 0 Å². The second-order valence-electron chi connectivity index (χ2n) is 8.88. The van der Waals surface area contributed by atoms with Crippen LogP contribution >= 0.6 is 0 Å². The Bertz CT molecular complexity index is 967. The molecule has 0 heterocycles. The summed E-state index contributed by atoms with van der Waals surface area (Å²) >= 11 is 0. The summed E-state index contributed by atoms with van der Waals surface area (Å²) in [6.45, 7) is 0. The highest BCUT2D eigenvalue weighted by molar-refractivity contribution is 7.90. The molecule has 0 spiro atoms. The molecule has 0 unspecified atom stereocenters. The average molecular weight is 585 g/mol. The summed E-state index contributed by atoms with van der Waals surface area (Å²) in [7, 11) is -16.6. The fourth-order valence-electron chi connectivity index (χ4n) is 3.91. The third kappa shape index (κ3) is 13.7. The van der Waals surface area contributed by atoms with E-state index in [0.29, 0.717) is 25.7 Å². The van der Waals surface area contributed by atoms with E-state index in [9.17, 15) is 33.7 Å². The van der Waals surface area contributed by atoms with Crippen LogP contribution in [-0.4, -0.2) is 69.3 Å². The Morgan fingerprint density at radius 1 is 0.457 bits per heavy atom. The molecule has 0 atom stereocenters. The van der Waals surface area contributed by atoms with Gasteiger partial charge in [0.1, 0.15) is 0 Å². The molecule has 12 nitrogen and oxygen atoms in total. The predicted octanol–water partition coefficient (Wildman–Crippen LogP) is 2.12.